The minimum absolute atomic E-state index is 0.351. The summed E-state index contributed by atoms with van der Waals surface area (Å²) in [7, 11) is 1.32. The van der Waals surface area contributed by atoms with Crippen molar-refractivity contribution in [1.29, 1.82) is 0 Å². The molecule has 0 saturated carbocycles. The molecule has 2 aromatic rings. The summed E-state index contributed by atoms with van der Waals surface area (Å²) in [6, 6.07) is 3.31. The van der Waals surface area contributed by atoms with Crippen LogP contribution in [0.3, 0.4) is 0 Å². The van der Waals surface area contributed by atoms with Crippen LogP contribution in [0.25, 0.3) is 10.9 Å². The van der Waals surface area contributed by atoms with Gasteiger partial charge in [0.25, 0.3) is 0 Å². The number of nitrogens with one attached hydrogen (secondary N) is 1. The Morgan fingerprint density at radius 1 is 1.57 bits per heavy atom. The van der Waals surface area contributed by atoms with Gasteiger partial charge in [0.2, 0.25) is 0 Å². The van der Waals surface area contributed by atoms with E-state index in [2.05, 4.69) is 14.9 Å². The quantitative estimate of drug-likeness (QED) is 0.519. The summed E-state index contributed by atoms with van der Waals surface area (Å²) in [6.07, 6.45) is 1.65. The summed E-state index contributed by atoms with van der Waals surface area (Å²) in [5.74, 6) is -0.445. The molecular weight excluding hydrogens is 182 g/mol. The summed E-state index contributed by atoms with van der Waals surface area (Å²) in [5, 5.41) is 7.46. The van der Waals surface area contributed by atoms with E-state index in [-0.39, 0.29) is 0 Å². The highest BCUT2D eigenvalue weighted by molar-refractivity contribution is 6.00. The fourth-order valence-corrected chi connectivity index (χ4v) is 1.30. The normalized spacial score (nSPS) is 10.4. The Hall–Kier alpha value is -2.04. The highest BCUT2D eigenvalue weighted by Crippen LogP contribution is 2.20. The van der Waals surface area contributed by atoms with Crippen molar-refractivity contribution in [1.82, 2.24) is 10.2 Å². The van der Waals surface area contributed by atoms with Crippen molar-refractivity contribution >= 4 is 22.6 Å². The Bertz CT molecular complexity index is 490. The number of anilines is 1. The molecule has 5 nitrogen and oxygen atoms in total. The van der Waals surface area contributed by atoms with Crippen molar-refractivity contribution in [2.24, 2.45) is 0 Å². The van der Waals surface area contributed by atoms with Gasteiger partial charge in [-0.05, 0) is 12.1 Å². The number of carbonyl (C=O) groups is 1. The van der Waals surface area contributed by atoms with Gasteiger partial charge in [-0.15, -0.1) is 0 Å². The van der Waals surface area contributed by atoms with Crippen LogP contribution in [0, 0.1) is 0 Å². The number of nitrogen functional groups attached to an aromatic ring is 1. The topological polar surface area (TPSA) is 81.0 Å². The summed E-state index contributed by atoms with van der Waals surface area (Å²) in [4.78, 5) is 11.3. The highest BCUT2D eigenvalue weighted by Gasteiger charge is 2.11. The van der Waals surface area contributed by atoms with Crippen molar-refractivity contribution in [3.05, 3.63) is 23.9 Å². The van der Waals surface area contributed by atoms with Gasteiger partial charge in [0.05, 0.1) is 24.4 Å². The number of fused-ring (bicyclic) bond motifs is 1. The number of H-pyrrole nitrogens is 1. The number of carbonyl (C=O) groups excluding carboxylic acids is 1. The van der Waals surface area contributed by atoms with Gasteiger partial charge in [-0.2, -0.15) is 5.10 Å². The largest absolute Gasteiger partial charge is 0.465 e. The van der Waals surface area contributed by atoms with Crippen molar-refractivity contribution in [3.63, 3.8) is 0 Å². The number of aromatic nitrogens is 2. The predicted molar refractivity (Wildman–Crippen MR) is 51.8 cm³/mol. The van der Waals surface area contributed by atoms with Crippen LogP contribution in [0.4, 0.5) is 5.69 Å². The zero-order chi connectivity index (χ0) is 10.1. The lowest BCUT2D eigenvalue weighted by Gasteiger charge is -2.02. The standard InChI is InChI=1S/C9H9N3O2/c1-14-9(13)6-3-8-5(2-7(6)10)4-11-12-8/h2-4H,10H2,1H3,(H,11,12). The minimum Gasteiger partial charge on any atom is -0.465 e. The van der Waals surface area contributed by atoms with E-state index in [0.29, 0.717) is 11.3 Å². The van der Waals surface area contributed by atoms with Crippen LogP contribution in [-0.4, -0.2) is 23.3 Å². The van der Waals surface area contributed by atoms with Crippen molar-refractivity contribution < 1.29 is 9.53 Å². The molecule has 0 atom stereocenters. The van der Waals surface area contributed by atoms with Crippen LogP contribution in [0.15, 0.2) is 18.3 Å². The molecule has 2 rings (SSSR count). The molecular formula is C9H9N3O2. The lowest BCUT2D eigenvalue weighted by Crippen LogP contribution is -2.05. The maximum absolute atomic E-state index is 11.3. The van der Waals surface area contributed by atoms with Crippen LogP contribution in [0.1, 0.15) is 10.4 Å². The second-order valence-corrected chi connectivity index (χ2v) is 2.89. The summed E-state index contributed by atoms with van der Waals surface area (Å²) >= 11 is 0. The van der Waals surface area contributed by atoms with Crippen LogP contribution < -0.4 is 5.73 Å². The Balaban J connectivity index is 2.64. The molecule has 0 aliphatic carbocycles. The first-order valence-corrected chi connectivity index (χ1v) is 4.03. The second-order valence-electron chi connectivity index (χ2n) is 2.89. The number of nitrogens with two attached hydrogens (primary N) is 1. The Morgan fingerprint density at radius 3 is 3.07 bits per heavy atom. The number of esters is 1. The Morgan fingerprint density at radius 2 is 2.36 bits per heavy atom. The van der Waals surface area contributed by atoms with E-state index in [9.17, 15) is 4.79 Å². The molecule has 14 heavy (non-hydrogen) atoms. The van der Waals surface area contributed by atoms with Crippen LogP contribution >= 0.6 is 0 Å². The minimum atomic E-state index is -0.445. The van der Waals surface area contributed by atoms with Gasteiger partial charge in [-0.3, -0.25) is 5.10 Å². The molecule has 0 aliphatic rings. The average Bonchev–Trinajstić information content (AvgIpc) is 2.62. The van der Waals surface area contributed by atoms with Crippen molar-refractivity contribution in [3.8, 4) is 0 Å². The van der Waals surface area contributed by atoms with Crippen LogP contribution in [0.2, 0.25) is 0 Å². The van der Waals surface area contributed by atoms with Gasteiger partial charge in [-0.1, -0.05) is 0 Å². The summed E-state index contributed by atoms with van der Waals surface area (Å²) in [6.45, 7) is 0. The zero-order valence-corrected chi connectivity index (χ0v) is 7.57. The average molecular weight is 191 g/mol. The molecule has 0 aliphatic heterocycles. The first kappa shape index (κ1) is 8.55. The number of aromatic amines is 1. The van der Waals surface area contributed by atoms with Gasteiger partial charge in [0.1, 0.15) is 0 Å². The molecule has 0 bridgehead atoms. The molecule has 72 valence electrons. The van der Waals surface area contributed by atoms with Gasteiger partial charge in [0.15, 0.2) is 0 Å². The molecule has 0 unspecified atom stereocenters. The second kappa shape index (κ2) is 3.02. The van der Waals surface area contributed by atoms with E-state index < -0.39 is 5.97 Å². The van der Waals surface area contributed by atoms with Crippen molar-refractivity contribution in [2.75, 3.05) is 12.8 Å². The molecule has 0 fully saturated rings. The number of hydrogen-bond donors (Lipinski definition) is 2. The van der Waals surface area contributed by atoms with Crippen molar-refractivity contribution in [2.45, 2.75) is 0 Å². The van der Waals surface area contributed by atoms with E-state index in [4.69, 9.17) is 5.73 Å². The fourth-order valence-electron chi connectivity index (χ4n) is 1.30. The third-order valence-electron chi connectivity index (χ3n) is 2.02. The Kier molecular flexibility index (Phi) is 1.85. The highest BCUT2D eigenvalue weighted by atomic mass is 16.5. The summed E-state index contributed by atoms with van der Waals surface area (Å²) in [5.41, 5.74) is 7.19. The van der Waals surface area contributed by atoms with Crippen LogP contribution in [0.5, 0.6) is 0 Å². The van der Waals surface area contributed by atoms with Crippen LogP contribution in [-0.2, 0) is 4.74 Å². The maximum atomic E-state index is 11.3. The van der Waals surface area contributed by atoms with E-state index in [1.54, 1.807) is 18.3 Å². The number of hydrogen-bond acceptors (Lipinski definition) is 4. The molecule has 0 spiro atoms. The zero-order valence-electron chi connectivity index (χ0n) is 7.57. The Labute approximate surface area is 79.9 Å². The SMILES string of the molecule is COC(=O)c1cc2[nH]ncc2cc1N. The number of methoxy groups -OCH3 is 1. The molecule has 0 amide bonds. The summed E-state index contributed by atoms with van der Waals surface area (Å²) < 4.78 is 4.59. The lowest BCUT2D eigenvalue weighted by molar-refractivity contribution is 0.0602. The first-order chi connectivity index (χ1) is 6.72. The smallest absolute Gasteiger partial charge is 0.340 e. The fraction of sp³-hybridized carbons (Fsp3) is 0.111. The number of nitrogens with zero attached hydrogens (tertiary/aromatic N) is 1. The van der Waals surface area contributed by atoms with E-state index in [1.807, 2.05) is 0 Å². The van der Waals surface area contributed by atoms with Gasteiger partial charge < -0.3 is 10.5 Å². The monoisotopic (exact) mass is 191 g/mol. The van der Waals surface area contributed by atoms with Gasteiger partial charge >= 0.3 is 5.97 Å². The molecule has 0 radical (unpaired) electrons. The number of ether oxygens (including phenoxy) is 1. The van der Waals surface area contributed by atoms with E-state index in [1.165, 1.54) is 7.11 Å². The van der Waals surface area contributed by atoms with E-state index in [0.717, 1.165) is 10.9 Å². The molecule has 1 heterocycles. The third kappa shape index (κ3) is 1.19. The molecule has 1 aromatic heterocycles. The molecule has 0 saturated heterocycles. The third-order valence-corrected chi connectivity index (χ3v) is 2.02. The lowest BCUT2D eigenvalue weighted by atomic mass is 10.1. The van der Waals surface area contributed by atoms with E-state index >= 15 is 0 Å². The predicted octanol–water partition coefficient (Wildman–Crippen LogP) is 0.932. The number of benzene rings is 1. The number of rotatable bonds is 1. The first-order valence-electron chi connectivity index (χ1n) is 4.03. The molecule has 5 heteroatoms. The molecule has 3 N–H and O–H groups in total. The van der Waals surface area contributed by atoms with Gasteiger partial charge in [0, 0.05) is 11.1 Å². The molecule has 1 aromatic carbocycles. The van der Waals surface area contributed by atoms with Gasteiger partial charge in [-0.25, -0.2) is 4.79 Å². The maximum Gasteiger partial charge on any atom is 0.340 e.